The molecule has 3 N–H and O–H groups in total. The van der Waals surface area contributed by atoms with Crippen LogP contribution in [-0.2, 0) is 0 Å². The Balaban J connectivity index is 2.23. The summed E-state index contributed by atoms with van der Waals surface area (Å²) in [5, 5.41) is 14.4. The first-order chi connectivity index (χ1) is 7.74. The smallest absolute Gasteiger partial charge is 0.135 e. The van der Waals surface area contributed by atoms with Crippen molar-refractivity contribution in [2.24, 2.45) is 0 Å². The predicted molar refractivity (Wildman–Crippen MR) is 66.5 cm³/mol. The molecule has 0 aromatic carbocycles. The molecule has 1 aliphatic carbocycles. The Morgan fingerprint density at radius 1 is 1.44 bits per heavy atom. The minimum atomic E-state index is -0.306. The molecule has 2 rings (SSSR count). The summed E-state index contributed by atoms with van der Waals surface area (Å²) in [5.41, 5.74) is 6.03. The van der Waals surface area contributed by atoms with Crippen LogP contribution in [0.5, 0.6) is 0 Å². The molecule has 1 heterocycles. The van der Waals surface area contributed by atoms with Crippen LogP contribution in [0, 0.1) is 0 Å². The molecule has 16 heavy (non-hydrogen) atoms. The van der Waals surface area contributed by atoms with Crippen LogP contribution in [0.25, 0.3) is 0 Å². The number of anilines is 1. The molecule has 1 aromatic heterocycles. The first-order valence-corrected chi connectivity index (χ1v) is 7.01. The highest BCUT2D eigenvalue weighted by molar-refractivity contribution is 7.98. The van der Waals surface area contributed by atoms with Gasteiger partial charge in [0.15, 0.2) is 0 Å². The van der Waals surface area contributed by atoms with Gasteiger partial charge in [0.1, 0.15) is 5.82 Å². The van der Waals surface area contributed by atoms with Gasteiger partial charge in [-0.05, 0) is 19.1 Å². The van der Waals surface area contributed by atoms with Gasteiger partial charge in [-0.1, -0.05) is 19.3 Å². The maximum atomic E-state index is 10.1. The van der Waals surface area contributed by atoms with Crippen molar-refractivity contribution in [2.45, 2.75) is 49.1 Å². The molecule has 2 atom stereocenters. The SMILES string of the molecule is CSc1cnn(C2CCCCCC2O)c1N. The van der Waals surface area contributed by atoms with Gasteiger partial charge in [-0.2, -0.15) is 5.10 Å². The van der Waals surface area contributed by atoms with E-state index in [0.29, 0.717) is 5.82 Å². The minimum absolute atomic E-state index is 0.0587. The fraction of sp³-hybridized carbons (Fsp3) is 0.727. The van der Waals surface area contributed by atoms with Gasteiger partial charge in [0.25, 0.3) is 0 Å². The monoisotopic (exact) mass is 241 g/mol. The Morgan fingerprint density at radius 3 is 2.88 bits per heavy atom. The quantitative estimate of drug-likeness (QED) is 0.614. The topological polar surface area (TPSA) is 64.1 Å². The fourth-order valence-electron chi connectivity index (χ4n) is 2.33. The van der Waals surface area contributed by atoms with Crippen LogP contribution in [0.15, 0.2) is 11.1 Å². The molecule has 1 saturated carbocycles. The summed E-state index contributed by atoms with van der Waals surface area (Å²) in [6.07, 6.45) is 8.76. The standard InChI is InChI=1S/C11H19N3OS/c1-16-10-7-13-14(11(10)12)8-5-3-2-4-6-9(8)15/h7-9,15H,2-6,12H2,1H3. The third kappa shape index (κ3) is 2.20. The second-order valence-electron chi connectivity index (χ2n) is 4.32. The van der Waals surface area contributed by atoms with Gasteiger partial charge in [-0.3, -0.25) is 0 Å². The van der Waals surface area contributed by atoms with E-state index in [1.165, 1.54) is 6.42 Å². The highest BCUT2D eigenvalue weighted by Crippen LogP contribution is 2.32. The fourth-order valence-corrected chi connectivity index (χ4v) is 2.79. The van der Waals surface area contributed by atoms with Gasteiger partial charge in [0, 0.05) is 0 Å². The van der Waals surface area contributed by atoms with E-state index in [2.05, 4.69) is 5.10 Å². The average molecular weight is 241 g/mol. The number of nitrogens with zero attached hydrogens (tertiary/aromatic N) is 2. The largest absolute Gasteiger partial charge is 0.391 e. The Morgan fingerprint density at radius 2 is 2.19 bits per heavy atom. The van der Waals surface area contributed by atoms with Crippen LogP contribution in [0.2, 0.25) is 0 Å². The van der Waals surface area contributed by atoms with E-state index >= 15 is 0 Å². The maximum Gasteiger partial charge on any atom is 0.135 e. The van der Waals surface area contributed by atoms with Gasteiger partial charge in [0.2, 0.25) is 0 Å². The van der Waals surface area contributed by atoms with Crippen molar-refractivity contribution < 1.29 is 5.11 Å². The molecule has 0 saturated heterocycles. The van der Waals surface area contributed by atoms with Crippen molar-refractivity contribution in [1.82, 2.24) is 9.78 Å². The number of hydrogen-bond donors (Lipinski definition) is 2. The van der Waals surface area contributed by atoms with E-state index in [4.69, 9.17) is 5.73 Å². The molecule has 0 bridgehead atoms. The van der Waals surface area contributed by atoms with E-state index in [1.54, 1.807) is 18.0 Å². The number of rotatable bonds is 2. The average Bonchev–Trinajstić information content (AvgIpc) is 2.50. The van der Waals surface area contributed by atoms with Gasteiger partial charge in [0.05, 0.1) is 23.2 Å². The van der Waals surface area contributed by atoms with E-state index < -0.39 is 0 Å². The van der Waals surface area contributed by atoms with Crippen LogP contribution in [0.4, 0.5) is 5.82 Å². The molecule has 4 nitrogen and oxygen atoms in total. The summed E-state index contributed by atoms with van der Waals surface area (Å²) in [4.78, 5) is 0.997. The van der Waals surface area contributed by atoms with Crippen LogP contribution >= 0.6 is 11.8 Å². The number of nitrogen functional groups attached to an aromatic ring is 1. The summed E-state index contributed by atoms with van der Waals surface area (Å²) in [7, 11) is 0. The molecular weight excluding hydrogens is 222 g/mol. The lowest BCUT2D eigenvalue weighted by Crippen LogP contribution is -2.25. The summed E-state index contributed by atoms with van der Waals surface area (Å²) >= 11 is 1.60. The van der Waals surface area contributed by atoms with Crippen molar-refractivity contribution in [3.63, 3.8) is 0 Å². The molecule has 0 radical (unpaired) electrons. The number of hydrogen-bond acceptors (Lipinski definition) is 4. The molecule has 0 aliphatic heterocycles. The zero-order valence-electron chi connectivity index (χ0n) is 9.59. The lowest BCUT2D eigenvalue weighted by molar-refractivity contribution is 0.100. The normalized spacial score (nSPS) is 26.6. The van der Waals surface area contributed by atoms with Crippen molar-refractivity contribution in [3.05, 3.63) is 6.20 Å². The first kappa shape index (κ1) is 11.8. The molecule has 1 aliphatic rings. The summed E-state index contributed by atoms with van der Waals surface area (Å²) in [5.74, 6) is 0.693. The van der Waals surface area contributed by atoms with Crippen molar-refractivity contribution in [2.75, 3.05) is 12.0 Å². The number of aliphatic hydroxyl groups excluding tert-OH is 1. The molecule has 0 amide bonds. The molecular formula is C11H19N3OS. The lowest BCUT2D eigenvalue weighted by Gasteiger charge is -2.21. The van der Waals surface area contributed by atoms with Crippen LogP contribution in [0.1, 0.15) is 38.1 Å². The van der Waals surface area contributed by atoms with E-state index in [-0.39, 0.29) is 12.1 Å². The Bertz CT molecular complexity index is 353. The molecule has 90 valence electrons. The van der Waals surface area contributed by atoms with Crippen LogP contribution in [-0.4, -0.2) is 27.2 Å². The highest BCUT2D eigenvalue weighted by Gasteiger charge is 2.25. The summed E-state index contributed by atoms with van der Waals surface area (Å²) in [6.45, 7) is 0. The number of thioether (sulfide) groups is 1. The number of aliphatic hydroxyl groups is 1. The van der Waals surface area contributed by atoms with E-state index in [9.17, 15) is 5.11 Å². The van der Waals surface area contributed by atoms with Gasteiger partial charge < -0.3 is 10.8 Å². The second-order valence-corrected chi connectivity index (χ2v) is 5.16. The lowest BCUT2D eigenvalue weighted by atomic mass is 10.1. The first-order valence-electron chi connectivity index (χ1n) is 5.79. The molecule has 2 unspecified atom stereocenters. The van der Waals surface area contributed by atoms with Crippen LogP contribution < -0.4 is 5.73 Å². The summed E-state index contributed by atoms with van der Waals surface area (Å²) in [6, 6.07) is 0.0587. The van der Waals surface area contributed by atoms with E-state index in [1.807, 2.05) is 10.9 Å². The zero-order valence-corrected chi connectivity index (χ0v) is 10.4. The third-order valence-corrected chi connectivity index (χ3v) is 4.03. The number of aromatic nitrogens is 2. The van der Waals surface area contributed by atoms with Crippen molar-refractivity contribution in [3.8, 4) is 0 Å². The Labute approximate surface area is 100 Å². The van der Waals surface area contributed by atoms with Gasteiger partial charge in [-0.15, -0.1) is 11.8 Å². The van der Waals surface area contributed by atoms with Crippen molar-refractivity contribution in [1.29, 1.82) is 0 Å². The Hall–Kier alpha value is -0.680. The molecule has 1 aromatic rings. The third-order valence-electron chi connectivity index (χ3n) is 3.28. The second kappa shape index (κ2) is 5.10. The predicted octanol–water partition coefficient (Wildman–Crippen LogP) is 2.05. The highest BCUT2D eigenvalue weighted by atomic mass is 32.2. The zero-order chi connectivity index (χ0) is 11.5. The summed E-state index contributed by atoms with van der Waals surface area (Å²) < 4.78 is 1.81. The molecule has 0 spiro atoms. The van der Waals surface area contributed by atoms with Crippen molar-refractivity contribution >= 4 is 17.6 Å². The van der Waals surface area contributed by atoms with E-state index in [0.717, 1.165) is 30.6 Å². The molecule has 5 heteroatoms. The maximum absolute atomic E-state index is 10.1. The number of nitrogens with two attached hydrogens (primary N) is 1. The van der Waals surface area contributed by atoms with Gasteiger partial charge >= 0.3 is 0 Å². The Kier molecular flexibility index (Phi) is 3.76. The molecule has 1 fully saturated rings. The van der Waals surface area contributed by atoms with Gasteiger partial charge in [-0.25, -0.2) is 4.68 Å². The van der Waals surface area contributed by atoms with Crippen LogP contribution in [0.3, 0.4) is 0 Å². The minimum Gasteiger partial charge on any atom is -0.391 e.